The van der Waals surface area contributed by atoms with Gasteiger partial charge in [-0.15, -0.1) is 0 Å². The van der Waals surface area contributed by atoms with Crippen molar-refractivity contribution in [3.63, 3.8) is 0 Å². The van der Waals surface area contributed by atoms with Crippen molar-refractivity contribution in [2.24, 2.45) is 16.5 Å². The molecule has 0 aliphatic rings. The summed E-state index contributed by atoms with van der Waals surface area (Å²) in [7, 11) is 0. The maximum atomic E-state index is 5.84. The summed E-state index contributed by atoms with van der Waals surface area (Å²) in [5.74, 6) is 0.409. The van der Waals surface area contributed by atoms with Gasteiger partial charge in [0.15, 0.2) is 0 Å². The third kappa shape index (κ3) is 4.33. The molecule has 0 unspecified atom stereocenters. The maximum absolute atomic E-state index is 5.84. The van der Waals surface area contributed by atoms with Gasteiger partial charge in [-0.3, -0.25) is 4.99 Å². The predicted octanol–water partition coefficient (Wildman–Crippen LogP) is 4.81. The summed E-state index contributed by atoms with van der Waals surface area (Å²) >= 11 is 0. The number of benzene rings is 2. The molecule has 0 aromatic heterocycles. The molecule has 0 bridgehead atoms. The molecule has 4 N–H and O–H groups in total. The largest absolute Gasteiger partial charge is 0.402 e. The lowest BCUT2D eigenvalue weighted by molar-refractivity contribution is 0.867. The van der Waals surface area contributed by atoms with E-state index < -0.39 is 0 Å². The minimum Gasteiger partial charge on any atom is -0.402 e. The van der Waals surface area contributed by atoms with Crippen LogP contribution in [0.25, 0.3) is 11.1 Å². The maximum Gasteiger partial charge on any atom is 0.0670 e. The van der Waals surface area contributed by atoms with Crippen molar-refractivity contribution in [2.75, 3.05) is 0 Å². The lowest BCUT2D eigenvalue weighted by Crippen LogP contribution is -1.99. The lowest BCUT2D eigenvalue weighted by atomic mass is 9.95. The molecule has 0 spiro atoms. The minimum absolute atomic E-state index is 0.409. The Morgan fingerprint density at radius 2 is 1.79 bits per heavy atom. The van der Waals surface area contributed by atoms with Crippen molar-refractivity contribution in [3.8, 4) is 11.1 Å². The van der Waals surface area contributed by atoms with Crippen molar-refractivity contribution in [2.45, 2.75) is 40.2 Å². The highest BCUT2D eigenvalue weighted by Gasteiger charge is 2.09. The molecule has 3 nitrogen and oxygen atoms in total. The summed E-state index contributed by atoms with van der Waals surface area (Å²) in [5, 5.41) is 0. The van der Waals surface area contributed by atoms with Crippen LogP contribution >= 0.6 is 0 Å². The summed E-state index contributed by atoms with van der Waals surface area (Å²) in [6.07, 6.45) is 3.58. The molecule has 2 aromatic rings. The van der Waals surface area contributed by atoms with Gasteiger partial charge >= 0.3 is 0 Å². The van der Waals surface area contributed by atoms with Crippen molar-refractivity contribution in [1.29, 1.82) is 0 Å². The Morgan fingerprint density at radius 3 is 2.42 bits per heavy atom. The zero-order valence-corrected chi connectivity index (χ0v) is 15.0. The molecule has 0 saturated heterocycles. The van der Waals surface area contributed by atoms with E-state index in [1.165, 1.54) is 22.3 Å². The first kappa shape index (κ1) is 18.0. The highest BCUT2D eigenvalue weighted by atomic mass is 14.7. The second-order valence-corrected chi connectivity index (χ2v) is 6.46. The van der Waals surface area contributed by atoms with E-state index in [9.17, 15) is 0 Å². The van der Waals surface area contributed by atoms with Gasteiger partial charge in [0.1, 0.15) is 0 Å². The third-order valence-electron chi connectivity index (χ3n) is 4.11. The van der Waals surface area contributed by atoms with Gasteiger partial charge in [-0.25, -0.2) is 0 Å². The van der Waals surface area contributed by atoms with Gasteiger partial charge in [-0.1, -0.05) is 38.1 Å². The molecular formula is C21H27N3. The van der Waals surface area contributed by atoms with E-state index in [0.717, 1.165) is 16.9 Å². The Hall–Kier alpha value is -2.39. The second-order valence-electron chi connectivity index (χ2n) is 6.46. The van der Waals surface area contributed by atoms with Gasteiger partial charge in [-0.2, -0.15) is 0 Å². The zero-order valence-electron chi connectivity index (χ0n) is 15.0. The molecule has 0 atom stereocenters. The molecule has 0 heterocycles. The normalized spacial score (nSPS) is 12.3. The summed E-state index contributed by atoms with van der Waals surface area (Å²) < 4.78 is 0. The third-order valence-corrected chi connectivity index (χ3v) is 4.11. The average molecular weight is 321 g/mol. The number of nitrogens with zero attached hydrogens (tertiary/aromatic N) is 1. The highest BCUT2D eigenvalue weighted by molar-refractivity contribution is 5.78. The Kier molecular flexibility index (Phi) is 5.93. The van der Waals surface area contributed by atoms with Crippen LogP contribution in [-0.2, 0) is 6.54 Å². The van der Waals surface area contributed by atoms with Gasteiger partial charge in [0, 0.05) is 18.5 Å². The van der Waals surface area contributed by atoms with E-state index in [1.54, 1.807) is 6.21 Å². The number of allylic oxidation sites excluding steroid dienone is 2. The lowest BCUT2D eigenvalue weighted by Gasteiger charge is -2.13. The van der Waals surface area contributed by atoms with E-state index in [4.69, 9.17) is 11.5 Å². The van der Waals surface area contributed by atoms with Crippen LogP contribution in [0.15, 0.2) is 53.2 Å². The topological polar surface area (TPSA) is 64.4 Å². The second kappa shape index (κ2) is 7.93. The Balaban J connectivity index is 2.49. The van der Waals surface area contributed by atoms with Gasteiger partial charge < -0.3 is 11.5 Å². The quantitative estimate of drug-likeness (QED) is 0.776. The fourth-order valence-electron chi connectivity index (χ4n) is 2.63. The Labute approximate surface area is 145 Å². The fraction of sp³-hybridized carbons (Fsp3) is 0.286. The van der Waals surface area contributed by atoms with E-state index in [0.29, 0.717) is 12.5 Å². The molecule has 2 aromatic carbocycles. The van der Waals surface area contributed by atoms with E-state index in [2.05, 4.69) is 62.2 Å². The molecule has 0 saturated carbocycles. The van der Waals surface area contributed by atoms with Crippen LogP contribution in [0, 0.1) is 6.92 Å². The van der Waals surface area contributed by atoms with Crippen LogP contribution in [0.1, 0.15) is 43.4 Å². The molecule has 0 fully saturated rings. The molecule has 126 valence electrons. The van der Waals surface area contributed by atoms with E-state index in [-0.39, 0.29) is 0 Å². The molecule has 24 heavy (non-hydrogen) atoms. The first-order valence-corrected chi connectivity index (χ1v) is 8.32. The molecule has 0 radical (unpaired) electrons. The fourth-order valence-corrected chi connectivity index (χ4v) is 2.63. The molecular weight excluding hydrogens is 294 g/mol. The molecule has 0 aliphatic heterocycles. The van der Waals surface area contributed by atoms with Gasteiger partial charge in [-0.05, 0) is 65.8 Å². The van der Waals surface area contributed by atoms with Crippen molar-refractivity contribution < 1.29 is 0 Å². The summed E-state index contributed by atoms with van der Waals surface area (Å²) in [4.78, 5) is 4.61. The van der Waals surface area contributed by atoms with Gasteiger partial charge in [0.05, 0.1) is 5.69 Å². The Morgan fingerprint density at radius 1 is 1.12 bits per heavy atom. The van der Waals surface area contributed by atoms with Gasteiger partial charge in [0.2, 0.25) is 0 Å². The monoisotopic (exact) mass is 321 g/mol. The number of hydrogen-bond acceptors (Lipinski definition) is 3. The standard InChI is InChI=1S/C21H27N3/c1-14(2)20-8-7-18(12-21(20)24-10-9-16(4)23)17-6-5-15(3)19(11-17)13-22/h5-12,14H,13,22-23H2,1-4H3. The summed E-state index contributed by atoms with van der Waals surface area (Å²) in [6, 6.07) is 12.9. The summed E-state index contributed by atoms with van der Waals surface area (Å²) in [5.41, 5.74) is 19.2. The highest BCUT2D eigenvalue weighted by Crippen LogP contribution is 2.32. The first-order valence-electron chi connectivity index (χ1n) is 8.32. The van der Waals surface area contributed by atoms with Crippen molar-refractivity contribution >= 4 is 11.9 Å². The number of nitrogens with two attached hydrogens (primary N) is 2. The minimum atomic E-state index is 0.409. The van der Waals surface area contributed by atoms with Crippen LogP contribution < -0.4 is 11.5 Å². The smallest absolute Gasteiger partial charge is 0.0670 e. The van der Waals surface area contributed by atoms with Crippen LogP contribution in [0.3, 0.4) is 0 Å². The first-order chi connectivity index (χ1) is 11.4. The van der Waals surface area contributed by atoms with Crippen LogP contribution in [-0.4, -0.2) is 6.21 Å². The predicted molar refractivity (Wildman–Crippen MR) is 105 cm³/mol. The summed E-state index contributed by atoms with van der Waals surface area (Å²) in [6.45, 7) is 8.85. The average Bonchev–Trinajstić information content (AvgIpc) is 2.54. The van der Waals surface area contributed by atoms with Crippen LogP contribution in [0.4, 0.5) is 5.69 Å². The van der Waals surface area contributed by atoms with Crippen LogP contribution in [0.2, 0.25) is 0 Å². The van der Waals surface area contributed by atoms with Crippen molar-refractivity contribution in [1.82, 2.24) is 0 Å². The molecule has 0 amide bonds. The van der Waals surface area contributed by atoms with E-state index >= 15 is 0 Å². The molecule has 2 rings (SSSR count). The number of rotatable bonds is 5. The SMILES string of the molecule is CC(N)=CC=Nc1cc(-c2ccc(C)c(CN)c2)ccc1C(C)C. The molecule has 0 aliphatic carbocycles. The van der Waals surface area contributed by atoms with Crippen molar-refractivity contribution in [3.05, 3.63) is 64.9 Å². The Bertz CT molecular complexity index is 767. The number of aliphatic imine (C=N–C) groups is 1. The number of aryl methyl sites for hydroxylation is 1. The van der Waals surface area contributed by atoms with Gasteiger partial charge in [0.25, 0.3) is 0 Å². The zero-order chi connectivity index (χ0) is 17.7. The van der Waals surface area contributed by atoms with Crippen LogP contribution in [0.5, 0.6) is 0 Å². The number of hydrogen-bond donors (Lipinski definition) is 2. The molecule has 3 heteroatoms. The van der Waals surface area contributed by atoms with E-state index in [1.807, 2.05) is 13.0 Å².